The lowest BCUT2D eigenvalue weighted by Crippen LogP contribution is -1.74. The van der Waals surface area contributed by atoms with Gasteiger partial charge in [-0.25, -0.2) is 0 Å². The van der Waals surface area contributed by atoms with Crippen molar-refractivity contribution in [2.24, 2.45) is 0 Å². The largest absolute Gasteiger partial charge is 0.507 e. The predicted molar refractivity (Wildman–Crippen MR) is 81.5 cm³/mol. The van der Waals surface area contributed by atoms with Gasteiger partial charge in [-0.3, -0.25) is 0 Å². The van der Waals surface area contributed by atoms with E-state index in [4.69, 9.17) is 0 Å². The highest BCUT2D eigenvalue weighted by molar-refractivity contribution is 5.87. The van der Waals surface area contributed by atoms with Gasteiger partial charge >= 0.3 is 0 Å². The zero-order chi connectivity index (χ0) is 13.7. The molecule has 1 heteroatoms. The van der Waals surface area contributed by atoms with Crippen molar-refractivity contribution >= 4 is 10.8 Å². The maximum Gasteiger partial charge on any atom is 0.123 e. The van der Waals surface area contributed by atoms with Crippen molar-refractivity contribution in [3.63, 3.8) is 0 Å². The predicted octanol–water partition coefficient (Wildman–Crippen LogP) is 4.85. The van der Waals surface area contributed by atoms with Gasteiger partial charge in [0.2, 0.25) is 0 Å². The first-order valence-electron chi connectivity index (χ1n) is 6.37. The van der Waals surface area contributed by atoms with Gasteiger partial charge in [-0.2, -0.15) is 0 Å². The molecule has 0 bridgehead atoms. The van der Waals surface area contributed by atoms with Crippen molar-refractivity contribution in [3.8, 4) is 5.75 Å². The molecule has 0 unspecified atom stereocenters. The molecule has 0 saturated carbocycles. The van der Waals surface area contributed by atoms with Crippen LogP contribution in [0.2, 0.25) is 0 Å². The molecule has 0 fully saturated rings. The third-order valence-electron chi connectivity index (χ3n) is 3.19. The zero-order valence-corrected chi connectivity index (χ0v) is 11.3. The fraction of sp³-hybridized carbons (Fsp3) is 0.111. The van der Waals surface area contributed by atoms with Crippen LogP contribution >= 0.6 is 0 Å². The van der Waals surface area contributed by atoms with E-state index in [2.05, 4.69) is 38.1 Å². The van der Waals surface area contributed by atoms with E-state index < -0.39 is 0 Å². The summed E-state index contributed by atoms with van der Waals surface area (Å²) >= 11 is 0. The molecule has 1 nitrogen and oxygen atoms in total. The third kappa shape index (κ3) is 3.35. The first kappa shape index (κ1) is 13.2. The number of benzene rings is 3. The molecule has 3 aromatic carbocycles. The van der Waals surface area contributed by atoms with Crippen LogP contribution < -0.4 is 0 Å². The minimum Gasteiger partial charge on any atom is -0.507 e. The Bertz CT molecular complexity index is 645. The fourth-order valence-corrected chi connectivity index (χ4v) is 1.87. The van der Waals surface area contributed by atoms with Crippen molar-refractivity contribution in [1.82, 2.24) is 0 Å². The van der Waals surface area contributed by atoms with Gasteiger partial charge in [0.25, 0.3) is 0 Å². The Labute approximate surface area is 114 Å². The Kier molecular flexibility index (Phi) is 4.19. The highest BCUT2D eigenvalue weighted by Gasteiger charge is 1.94. The molecule has 0 atom stereocenters. The van der Waals surface area contributed by atoms with E-state index in [9.17, 15) is 5.11 Å². The number of aromatic hydroxyl groups is 1. The molecule has 0 aliphatic heterocycles. The molecule has 0 heterocycles. The number of phenols is 1. The smallest absolute Gasteiger partial charge is 0.123 e. The number of phenolic OH excluding ortho intramolecular Hbond substituents is 1. The van der Waals surface area contributed by atoms with E-state index in [0.29, 0.717) is 5.75 Å². The Morgan fingerprint density at radius 2 is 1.16 bits per heavy atom. The molecule has 19 heavy (non-hydrogen) atoms. The highest BCUT2D eigenvalue weighted by atomic mass is 16.3. The quantitative estimate of drug-likeness (QED) is 0.604. The van der Waals surface area contributed by atoms with E-state index in [-0.39, 0.29) is 0 Å². The van der Waals surface area contributed by atoms with Gasteiger partial charge in [0.05, 0.1) is 0 Å². The lowest BCUT2D eigenvalue weighted by molar-refractivity contribution is 0.481. The number of rotatable bonds is 0. The molecular weight excluding hydrogens is 232 g/mol. The molecule has 3 rings (SSSR count). The summed E-state index contributed by atoms with van der Waals surface area (Å²) in [6, 6.07) is 21.6. The molecule has 0 radical (unpaired) electrons. The maximum atomic E-state index is 9.37. The standard InChI is InChI=1S/C10H8O.C8H10/c11-10-7-3-5-8-4-1-2-6-9(8)10;1-7-5-3-4-6-8(7)2/h1-7,11H;3-6H,1-2H3. The molecule has 0 saturated heterocycles. The van der Waals surface area contributed by atoms with Crippen LogP contribution in [0.4, 0.5) is 0 Å². The summed E-state index contributed by atoms with van der Waals surface area (Å²) in [6.45, 7) is 4.24. The van der Waals surface area contributed by atoms with Gasteiger partial charge in [0.15, 0.2) is 0 Å². The minimum atomic E-state index is 0.350. The minimum absolute atomic E-state index is 0.350. The summed E-state index contributed by atoms with van der Waals surface area (Å²) in [4.78, 5) is 0. The van der Waals surface area contributed by atoms with Gasteiger partial charge in [0, 0.05) is 5.39 Å². The van der Waals surface area contributed by atoms with E-state index in [1.165, 1.54) is 11.1 Å². The lowest BCUT2D eigenvalue weighted by atomic mass is 10.1. The van der Waals surface area contributed by atoms with Crippen molar-refractivity contribution in [2.45, 2.75) is 13.8 Å². The van der Waals surface area contributed by atoms with Crippen LogP contribution in [0.5, 0.6) is 5.75 Å². The number of fused-ring (bicyclic) bond motifs is 1. The molecule has 0 spiro atoms. The Balaban J connectivity index is 0.000000148. The molecule has 3 aromatic rings. The van der Waals surface area contributed by atoms with Gasteiger partial charge in [-0.15, -0.1) is 0 Å². The molecule has 0 aliphatic carbocycles. The summed E-state index contributed by atoms with van der Waals surface area (Å²) in [5, 5.41) is 11.4. The molecule has 1 N–H and O–H groups in total. The molecule has 0 aromatic heterocycles. The van der Waals surface area contributed by atoms with Crippen LogP contribution in [0.3, 0.4) is 0 Å². The molecule has 0 amide bonds. The monoisotopic (exact) mass is 250 g/mol. The topological polar surface area (TPSA) is 20.2 Å². The second-order valence-corrected chi connectivity index (χ2v) is 4.58. The summed E-state index contributed by atoms with van der Waals surface area (Å²) in [7, 11) is 0. The van der Waals surface area contributed by atoms with Gasteiger partial charge < -0.3 is 5.11 Å². The number of aryl methyl sites for hydroxylation is 2. The van der Waals surface area contributed by atoms with Crippen LogP contribution in [0.15, 0.2) is 66.7 Å². The van der Waals surface area contributed by atoms with Gasteiger partial charge in [0.1, 0.15) is 5.75 Å². The summed E-state index contributed by atoms with van der Waals surface area (Å²) < 4.78 is 0. The van der Waals surface area contributed by atoms with Gasteiger partial charge in [-0.05, 0) is 36.4 Å². The maximum absolute atomic E-state index is 9.37. The fourth-order valence-electron chi connectivity index (χ4n) is 1.87. The molecule has 96 valence electrons. The van der Waals surface area contributed by atoms with Crippen LogP contribution in [0, 0.1) is 13.8 Å². The Hall–Kier alpha value is -2.28. The van der Waals surface area contributed by atoms with Crippen LogP contribution in [0.25, 0.3) is 10.8 Å². The SMILES string of the molecule is Cc1ccccc1C.Oc1cccc2ccccc12. The van der Waals surface area contributed by atoms with Crippen molar-refractivity contribution in [2.75, 3.05) is 0 Å². The van der Waals surface area contributed by atoms with E-state index in [1.807, 2.05) is 36.4 Å². The van der Waals surface area contributed by atoms with E-state index >= 15 is 0 Å². The lowest BCUT2D eigenvalue weighted by Gasteiger charge is -1.97. The third-order valence-corrected chi connectivity index (χ3v) is 3.19. The zero-order valence-electron chi connectivity index (χ0n) is 11.3. The summed E-state index contributed by atoms with van der Waals surface area (Å²) in [6.07, 6.45) is 0. The average Bonchev–Trinajstić information content (AvgIpc) is 2.44. The Morgan fingerprint density at radius 1 is 0.632 bits per heavy atom. The Morgan fingerprint density at radius 3 is 1.74 bits per heavy atom. The normalized spacial score (nSPS) is 9.79. The highest BCUT2D eigenvalue weighted by Crippen LogP contribution is 2.22. The molecular formula is C18H18O. The van der Waals surface area contributed by atoms with Gasteiger partial charge in [-0.1, -0.05) is 60.7 Å². The summed E-state index contributed by atoms with van der Waals surface area (Å²) in [5.74, 6) is 0.350. The van der Waals surface area contributed by atoms with E-state index in [1.54, 1.807) is 6.07 Å². The number of hydrogen-bond acceptors (Lipinski definition) is 1. The number of hydrogen-bond donors (Lipinski definition) is 1. The van der Waals surface area contributed by atoms with Crippen LogP contribution in [0.1, 0.15) is 11.1 Å². The average molecular weight is 250 g/mol. The molecule has 0 aliphatic rings. The van der Waals surface area contributed by atoms with Crippen molar-refractivity contribution in [1.29, 1.82) is 0 Å². The van der Waals surface area contributed by atoms with Crippen LogP contribution in [-0.4, -0.2) is 5.11 Å². The van der Waals surface area contributed by atoms with Crippen LogP contribution in [-0.2, 0) is 0 Å². The van der Waals surface area contributed by atoms with Crippen molar-refractivity contribution in [3.05, 3.63) is 77.9 Å². The first-order chi connectivity index (χ1) is 9.18. The second kappa shape index (κ2) is 6.05. The van der Waals surface area contributed by atoms with E-state index in [0.717, 1.165) is 10.8 Å². The first-order valence-corrected chi connectivity index (χ1v) is 6.37. The van der Waals surface area contributed by atoms with Crippen molar-refractivity contribution < 1.29 is 5.11 Å². The summed E-state index contributed by atoms with van der Waals surface area (Å²) in [5.41, 5.74) is 2.74. The second-order valence-electron chi connectivity index (χ2n) is 4.58.